The number of carbonyl (C=O) groups excluding carboxylic acids is 1. The predicted molar refractivity (Wildman–Crippen MR) is 62.0 cm³/mol. The van der Waals surface area contributed by atoms with Gasteiger partial charge in [-0.2, -0.15) is 0 Å². The van der Waals surface area contributed by atoms with Crippen molar-refractivity contribution in [3.8, 4) is 0 Å². The topological polar surface area (TPSA) is 80.5 Å². The normalized spacial score (nSPS) is 10.3. The summed E-state index contributed by atoms with van der Waals surface area (Å²) in [5.41, 5.74) is 0. The zero-order chi connectivity index (χ0) is 12.7. The van der Waals surface area contributed by atoms with Crippen molar-refractivity contribution in [2.45, 2.75) is 5.88 Å². The van der Waals surface area contributed by atoms with Gasteiger partial charge in [0.2, 0.25) is 11.8 Å². The second-order valence-corrected chi connectivity index (χ2v) is 3.58. The zero-order valence-electron chi connectivity index (χ0n) is 9.77. The molecule has 1 aromatic heterocycles. The van der Waals surface area contributed by atoms with E-state index in [2.05, 4.69) is 15.5 Å². The van der Waals surface area contributed by atoms with E-state index in [-0.39, 0.29) is 24.3 Å². The van der Waals surface area contributed by atoms with Crippen LogP contribution in [0.4, 0.5) is 6.01 Å². The Bertz CT molecular complexity index is 358. The summed E-state index contributed by atoms with van der Waals surface area (Å²) < 4.78 is 10.0. The number of alkyl halides is 1. The smallest absolute Gasteiger partial charge is 0.318 e. The molecule has 17 heavy (non-hydrogen) atoms. The maximum Gasteiger partial charge on any atom is 0.318 e. The van der Waals surface area contributed by atoms with Crippen LogP contribution < -0.4 is 10.2 Å². The second kappa shape index (κ2) is 7.08. The molecule has 1 N–H and O–H groups in total. The number of rotatable bonds is 7. The molecule has 1 rings (SSSR count). The summed E-state index contributed by atoms with van der Waals surface area (Å²) in [6, 6.07) is 0.266. The van der Waals surface area contributed by atoms with Crippen molar-refractivity contribution in [1.29, 1.82) is 0 Å². The molecule has 1 amide bonds. The lowest BCUT2D eigenvalue weighted by molar-refractivity contribution is -0.119. The maximum atomic E-state index is 11.5. The molecule has 0 aromatic carbocycles. The number of methoxy groups -OCH3 is 1. The molecular weight excluding hydrogens is 248 g/mol. The maximum absolute atomic E-state index is 11.5. The van der Waals surface area contributed by atoms with Gasteiger partial charge < -0.3 is 19.4 Å². The van der Waals surface area contributed by atoms with Crippen LogP contribution in [-0.2, 0) is 15.4 Å². The van der Waals surface area contributed by atoms with Crippen LogP contribution in [0.1, 0.15) is 5.89 Å². The molecule has 8 heteroatoms. The lowest BCUT2D eigenvalue weighted by atomic mass is 10.5. The summed E-state index contributed by atoms with van der Waals surface area (Å²) >= 11 is 5.53. The SMILES string of the molecule is COCCNC(=O)CN(C)c1nnc(CCl)o1. The Balaban J connectivity index is 2.37. The van der Waals surface area contributed by atoms with Crippen molar-refractivity contribution in [3.63, 3.8) is 0 Å². The number of hydrogen-bond acceptors (Lipinski definition) is 6. The fraction of sp³-hybridized carbons (Fsp3) is 0.667. The fourth-order valence-electron chi connectivity index (χ4n) is 1.08. The van der Waals surface area contributed by atoms with Crippen LogP contribution in [0.3, 0.4) is 0 Å². The number of amides is 1. The van der Waals surface area contributed by atoms with E-state index in [9.17, 15) is 4.79 Å². The van der Waals surface area contributed by atoms with Gasteiger partial charge in [-0.05, 0) is 0 Å². The third-order valence-corrected chi connectivity index (χ3v) is 2.13. The van der Waals surface area contributed by atoms with Gasteiger partial charge in [0.05, 0.1) is 6.61 Å². The number of nitrogens with zero attached hydrogens (tertiary/aromatic N) is 3. The van der Waals surface area contributed by atoms with Crippen LogP contribution >= 0.6 is 11.6 Å². The molecular formula is C9H15ClN4O3. The molecule has 96 valence electrons. The number of hydrogen-bond donors (Lipinski definition) is 1. The van der Waals surface area contributed by atoms with E-state index in [4.69, 9.17) is 20.8 Å². The highest BCUT2D eigenvalue weighted by Gasteiger charge is 2.13. The lowest BCUT2D eigenvalue weighted by Crippen LogP contribution is -2.36. The quantitative estimate of drug-likeness (QED) is 0.551. The zero-order valence-corrected chi connectivity index (χ0v) is 10.5. The lowest BCUT2D eigenvalue weighted by Gasteiger charge is -2.13. The van der Waals surface area contributed by atoms with Crippen LogP contribution in [0.2, 0.25) is 0 Å². The highest BCUT2D eigenvalue weighted by Crippen LogP contribution is 2.11. The van der Waals surface area contributed by atoms with E-state index in [0.717, 1.165) is 0 Å². The second-order valence-electron chi connectivity index (χ2n) is 3.31. The largest absolute Gasteiger partial charge is 0.407 e. The van der Waals surface area contributed by atoms with Crippen molar-refractivity contribution in [2.24, 2.45) is 0 Å². The van der Waals surface area contributed by atoms with Gasteiger partial charge in [0.25, 0.3) is 0 Å². The number of ether oxygens (including phenoxy) is 1. The molecule has 0 saturated heterocycles. The third kappa shape index (κ3) is 4.58. The number of likely N-dealkylation sites (N-methyl/N-ethyl adjacent to an activating group) is 1. The minimum atomic E-state index is -0.143. The van der Waals surface area contributed by atoms with Gasteiger partial charge in [-0.15, -0.1) is 16.7 Å². The van der Waals surface area contributed by atoms with Crippen molar-refractivity contribution in [3.05, 3.63) is 5.89 Å². The molecule has 1 heterocycles. The molecule has 0 aliphatic rings. The molecule has 0 unspecified atom stereocenters. The first-order valence-corrected chi connectivity index (χ1v) is 5.56. The van der Waals surface area contributed by atoms with Crippen molar-refractivity contribution < 1.29 is 13.9 Å². The van der Waals surface area contributed by atoms with Gasteiger partial charge in [0, 0.05) is 20.7 Å². The Kier molecular flexibility index (Phi) is 5.71. The van der Waals surface area contributed by atoms with Crippen molar-refractivity contribution >= 4 is 23.5 Å². The molecule has 0 fully saturated rings. The highest BCUT2D eigenvalue weighted by molar-refractivity contribution is 6.16. The Morgan fingerprint density at radius 3 is 2.94 bits per heavy atom. The molecule has 0 spiro atoms. The van der Waals surface area contributed by atoms with Gasteiger partial charge in [0.15, 0.2) is 0 Å². The van der Waals surface area contributed by atoms with Crippen LogP contribution in [-0.4, -0.2) is 50.0 Å². The van der Waals surface area contributed by atoms with Crippen LogP contribution in [0.25, 0.3) is 0 Å². The Morgan fingerprint density at radius 2 is 2.35 bits per heavy atom. The first kappa shape index (κ1) is 13.7. The first-order chi connectivity index (χ1) is 8.17. The average molecular weight is 263 g/mol. The van der Waals surface area contributed by atoms with E-state index in [1.165, 1.54) is 0 Å². The fourth-order valence-corrected chi connectivity index (χ4v) is 1.19. The number of nitrogens with one attached hydrogen (secondary N) is 1. The molecule has 0 radical (unpaired) electrons. The van der Waals surface area contributed by atoms with Gasteiger partial charge >= 0.3 is 6.01 Å². The van der Waals surface area contributed by atoms with Gasteiger partial charge in [-0.3, -0.25) is 4.79 Å². The summed E-state index contributed by atoms with van der Waals surface area (Å²) in [6.45, 7) is 1.08. The van der Waals surface area contributed by atoms with Gasteiger partial charge in [-0.25, -0.2) is 0 Å². The predicted octanol–water partition coefficient (Wildman–Crippen LogP) is 0.00720. The third-order valence-electron chi connectivity index (χ3n) is 1.91. The van der Waals surface area contributed by atoms with E-state index in [1.54, 1.807) is 19.1 Å². The van der Waals surface area contributed by atoms with Gasteiger partial charge in [0.1, 0.15) is 12.4 Å². The molecule has 7 nitrogen and oxygen atoms in total. The number of anilines is 1. The Hall–Kier alpha value is -1.34. The molecule has 0 saturated carbocycles. The number of halogens is 1. The van der Waals surface area contributed by atoms with E-state index >= 15 is 0 Å². The minimum Gasteiger partial charge on any atom is -0.407 e. The Morgan fingerprint density at radius 1 is 1.59 bits per heavy atom. The van der Waals surface area contributed by atoms with E-state index in [1.807, 2.05) is 0 Å². The first-order valence-electron chi connectivity index (χ1n) is 5.02. The summed E-state index contributed by atoms with van der Waals surface area (Å²) in [6.07, 6.45) is 0. The molecule has 1 aromatic rings. The molecule has 0 bridgehead atoms. The summed E-state index contributed by atoms with van der Waals surface area (Å²) in [5.74, 6) is 0.337. The number of carbonyl (C=O) groups is 1. The van der Waals surface area contributed by atoms with Crippen molar-refractivity contribution in [2.75, 3.05) is 38.8 Å². The van der Waals surface area contributed by atoms with Crippen LogP contribution in [0.15, 0.2) is 4.42 Å². The summed E-state index contributed by atoms with van der Waals surface area (Å²) in [4.78, 5) is 13.0. The van der Waals surface area contributed by atoms with Crippen LogP contribution in [0, 0.1) is 0 Å². The Labute approximate surface area is 104 Å². The average Bonchev–Trinajstić information content (AvgIpc) is 2.78. The molecule has 0 aliphatic carbocycles. The monoisotopic (exact) mass is 262 g/mol. The molecule has 0 atom stereocenters. The van der Waals surface area contributed by atoms with Gasteiger partial charge in [-0.1, -0.05) is 5.10 Å². The standard InChI is InChI=1S/C9H15ClN4O3/c1-14(6-7(15)11-3-4-16-2)9-13-12-8(5-10)17-9/h3-6H2,1-2H3,(H,11,15). The minimum absolute atomic E-state index is 0.133. The molecule has 0 aliphatic heterocycles. The number of aromatic nitrogens is 2. The highest BCUT2D eigenvalue weighted by atomic mass is 35.5. The van der Waals surface area contributed by atoms with E-state index < -0.39 is 0 Å². The van der Waals surface area contributed by atoms with Crippen LogP contribution in [0.5, 0.6) is 0 Å². The van der Waals surface area contributed by atoms with Crippen molar-refractivity contribution in [1.82, 2.24) is 15.5 Å². The van der Waals surface area contributed by atoms with E-state index in [0.29, 0.717) is 19.0 Å². The summed E-state index contributed by atoms with van der Waals surface area (Å²) in [7, 11) is 3.26. The summed E-state index contributed by atoms with van der Waals surface area (Å²) in [5, 5.41) is 10.1.